The van der Waals surface area contributed by atoms with E-state index in [0.717, 1.165) is 39.0 Å². The van der Waals surface area contributed by atoms with Crippen LogP contribution >= 0.6 is 0 Å². The van der Waals surface area contributed by atoms with Crippen molar-refractivity contribution in [3.8, 4) is 0 Å². The quantitative estimate of drug-likeness (QED) is 0.880. The van der Waals surface area contributed by atoms with Crippen LogP contribution in [0.5, 0.6) is 0 Å². The lowest BCUT2D eigenvalue weighted by Gasteiger charge is -2.31. The van der Waals surface area contributed by atoms with E-state index in [-0.39, 0.29) is 5.91 Å². The smallest absolute Gasteiger partial charge is 0.219 e. The van der Waals surface area contributed by atoms with Crippen molar-refractivity contribution in [2.75, 3.05) is 13.1 Å². The molecule has 1 fully saturated rings. The van der Waals surface area contributed by atoms with E-state index in [1.807, 2.05) is 4.90 Å². The minimum absolute atomic E-state index is 0.202. The first-order chi connectivity index (χ1) is 8.69. The third-order valence-electron chi connectivity index (χ3n) is 3.71. The first-order valence-corrected chi connectivity index (χ1v) is 6.82. The minimum atomic E-state index is 0.202. The lowest BCUT2D eigenvalue weighted by molar-refractivity contribution is -0.129. The molecule has 1 saturated heterocycles. The molecule has 0 aliphatic carbocycles. The van der Waals surface area contributed by atoms with Crippen molar-refractivity contribution < 1.29 is 4.79 Å². The number of rotatable bonds is 4. The van der Waals surface area contributed by atoms with E-state index in [0.29, 0.717) is 6.04 Å². The van der Waals surface area contributed by atoms with Gasteiger partial charge in [0.15, 0.2) is 0 Å². The summed E-state index contributed by atoms with van der Waals surface area (Å²) in [5, 5.41) is 3.58. The van der Waals surface area contributed by atoms with Gasteiger partial charge in [-0.25, -0.2) is 0 Å². The molecule has 0 saturated carbocycles. The van der Waals surface area contributed by atoms with Crippen LogP contribution in [0.2, 0.25) is 0 Å². The van der Waals surface area contributed by atoms with Crippen LogP contribution in [0, 0.1) is 0 Å². The van der Waals surface area contributed by atoms with Gasteiger partial charge in [-0.15, -0.1) is 0 Å². The van der Waals surface area contributed by atoms with Crippen LogP contribution in [0.1, 0.15) is 32.3 Å². The molecule has 0 atom stereocenters. The summed E-state index contributed by atoms with van der Waals surface area (Å²) in [6, 6.07) is 2.71. The number of carbonyl (C=O) groups is 1. The highest BCUT2D eigenvalue weighted by Crippen LogP contribution is 2.11. The Morgan fingerprint density at radius 2 is 2.17 bits per heavy atom. The molecule has 0 unspecified atom stereocenters. The van der Waals surface area contributed by atoms with Gasteiger partial charge < -0.3 is 14.8 Å². The first-order valence-electron chi connectivity index (χ1n) is 6.82. The maximum atomic E-state index is 11.2. The Bertz CT molecular complexity index is 391. The predicted molar refractivity (Wildman–Crippen MR) is 72.2 cm³/mol. The fraction of sp³-hybridized carbons (Fsp3) is 0.643. The van der Waals surface area contributed by atoms with Gasteiger partial charge in [0.25, 0.3) is 0 Å². The standard InChI is InChI=1S/C14H23N3O/c1-3-16-7-4-13(11-16)10-15-14-5-8-17(9-6-14)12(2)18/h4,7,11,14-15H,3,5-6,8-10H2,1-2H3. The molecule has 0 spiro atoms. The number of aryl methyl sites for hydroxylation is 1. The van der Waals surface area contributed by atoms with Gasteiger partial charge in [-0.05, 0) is 31.4 Å². The molecule has 1 aromatic heterocycles. The number of piperidine rings is 1. The molecule has 2 rings (SSSR count). The zero-order valence-electron chi connectivity index (χ0n) is 11.4. The molecule has 100 valence electrons. The summed E-state index contributed by atoms with van der Waals surface area (Å²) in [6.45, 7) is 7.54. The van der Waals surface area contributed by atoms with Crippen LogP contribution in [0.4, 0.5) is 0 Å². The summed E-state index contributed by atoms with van der Waals surface area (Å²) in [4.78, 5) is 13.2. The van der Waals surface area contributed by atoms with Crippen LogP contribution in [0.15, 0.2) is 18.5 Å². The summed E-state index contributed by atoms with van der Waals surface area (Å²) < 4.78 is 2.19. The average Bonchev–Trinajstić information content (AvgIpc) is 2.85. The van der Waals surface area contributed by atoms with Gasteiger partial charge in [0.05, 0.1) is 0 Å². The monoisotopic (exact) mass is 249 g/mol. The third kappa shape index (κ3) is 3.35. The van der Waals surface area contributed by atoms with Crippen molar-refractivity contribution in [3.05, 3.63) is 24.0 Å². The van der Waals surface area contributed by atoms with E-state index in [4.69, 9.17) is 0 Å². The Balaban J connectivity index is 1.73. The Hall–Kier alpha value is -1.29. The fourth-order valence-electron chi connectivity index (χ4n) is 2.45. The van der Waals surface area contributed by atoms with Gasteiger partial charge in [0.1, 0.15) is 0 Å². The zero-order chi connectivity index (χ0) is 13.0. The number of nitrogens with one attached hydrogen (secondary N) is 1. The van der Waals surface area contributed by atoms with Crippen LogP contribution < -0.4 is 5.32 Å². The van der Waals surface area contributed by atoms with Gasteiger partial charge in [-0.1, -0.05) is 0 Å². The summed E-state index contributed by atoms with van der Waals surface area (Å²) in [5.74, 6) is 0.202. The minimum Gasteiger partial charge on any atom is -0.354 e. The van der Waals surface area contributed by atoms with Crippen molar-refractivity contribution in [1.82, 2.24) is 14.8 Å². The summed E-state index contributed by atoms with van der Waals surface area (Å²) in [6.07, 6.45) is 6.44. The number of amides is 1. The molecule has 0 bridgehead atoms. The highest BCUT2D eigenvalue weighted by atomic mass is 16.2. The van der Waals surface area contributed by atoms with Crippen molar-refractivity contribution in [1.29, 1.82) is 0 Å². The number of carbonyl (C=O) groups excluding carboxylic acids is 1. The second-order valence-electron chi connectivity index (χ2n) is 5.01. The Morgan fingerprint density at radius 1 is 1.44 bits per heavy atom. The molecule has 18 heavy (non-hydrogen) atoms. The molecule has 1 aromatic rings. The maximum Gasteiger partial charge on any atom is 0.219 e. The molecular weight excluding hydrogens is 226 g/mol. The molecule has 1 aliphatic heterocycles. The number of hydrogen-bond acceptors (Lipinski definition) is 2. The first kappa shape index (κ1) is 13.1. The zero-order valence-corrected chi connectivity index (χ0v) is 11.4. The molecule has 4 heteroatoms. The Kier molecular flexibility index (Phi) is 4.42. The van der Waals surface area contributed by atoms with Crippen LogP contribution in [0.25, 0.3) is 0 Å². The van der Waals surface area contributed by atoms with Gasteiger partial charge in [-0.3, -0.25) is 4.79 Å². The van der Waals surface area contributed by atoms with E-state index in [9.17, 15) is 4.79 Å². The van der Waals surface area contributed by atoms with Crippen LogP contribution in [-0.4, -0.2) is 34.5 Å². The van der Waals surface area contributed by atoms with E-state index in [2.05, 4.69) is 35.3 Å². The molecule has 1 N–H and O–H groups in total. The van der Waals surface area contributed by atoms with Gasteiger partial charge in [0.2, 0.25) is 5.91 Å². The number of aromatic nitrogens is 1. The fourth-order valence-corrected chi connectivity index (χ4v) is 2.45. The van der Waals surface area contributed by atoms with E-state index in [1.54, 1.807) is 6.92 Å². The average molecular weight is 249 g/mol. The Morgan fingerprint density at radius 3 is 2.72 bits per heavy atom. The summed E-state index contributed by atoms with van der Waals surface area (Å²) >= 11 is 0. The summed E-state index contributed by atoms with van der Waals surface area (Å²) in [7, 11) is 0. The number of nitrogens with zero attached hydrogens (tertiary/aromatic N) is 2. The van der Waals surface area contributed by atoms with Crippen LogP contribution in [0.3, 0.4) is 0 Å². The topological polar surface area (TPSA) is 37.3 Å². The highest BCUT2D eigenvalue weighted by molar-refractivity contribution is 5.73. The second kappa shape index (κ2) is 6.05. The van der Waals surface area contributed by atoms with Gasteiger partial charge in [0, 0.05) is 51.5 Å². The van der Waals surface area contributed by atoms with Crippen molar-refractivity contribution in [2.45, 2.75) is 45.8 Å². The third-order valence-corrected chi connectivity index (χ3v) is 3.71. The second-order valence-corrected chi connectivity index (χ2v) is 5.01. The SMILES string of the molecule is CCn1ccc(CNC2CCN(C(C)=O)CC2)c1. The molecule has 1 aliphatic rings. The lowest BCUT2D eigenvalue weighted by atomic mass is 10.0. The molecule has 1 amide bonds. The van der Waals surface area contributed by atoms with Gasteiger partial charge in [-0.2, -0.15) is 0 Å². The molecule has 4 nitrogen and oxygen atoms in total. The molecule has 2 heterocycles. The molecule has 0 radical (unpaired) electrons. The van der Waals surface area contributed by atoms with E-state index in [1.165, 1.54) is 5.56 Å². The van der Waals surface area contributed by atoms with Crippen molar-refractivity contribution in [2.24, 2.45) is 0 Å². The Labute approximate surface area is 109 Å². The van der Waals surface area contributed by atoms with E-state index < -0.39 is 0 Å². The highest BCUT2D eigenvalue weighted by Gasteiger charge is 2.19. The summed E-state index contributed by atoms with van der Waals surface area (Å²) in [5.41, 5.74) is 1.34. The van der Waals surface area contributed by atoms with Gasteiger partial charge >= 0.3 is 0 Å². The number of likely N-dealkylation sites (tertiary alicyclic amines) is 1. The van der Waals surface area contributed by atoms with E-state index >= 15 is 0 Å². The number of hydrogen-bond donors (Lipinski definition) is 1. The van der Waals surface area contributed by atoms with Crippen LogP contribution in [-0.2, 0) is 17.9 Å². The molecular formula is C14H23N3O. The normalized spacial score (nSPS) is 17.1. The lowest BCUT2D eigenvalue weighted by Crippen LogP contribution is -2.43. The maximum absolute atomic E-state index is 11.2. The molecule has 0 aromatic carbocycles. The largest absolute Gasteiger partial charge is 0.354 e. The predicted octanol–water partition coefficient (Wildman–Crippen LogP) is 1.61. The van der Waals surface area contributed by atoms with Crippen molar-refractivity contribution in [3.63, 3.8) is 0 Å². The van der Waals surface area contributed by atoms with Crippen molar-refractivity contribution >= 4 is 5.91 Å².